The molecule has 1 heterocycles. The van der Waals surface area contributed by atoms with Crippen molar-refractivity contribution in [2.75, 3.05) is 18.0 Å². The lowest BCUT2D eigenvalue weighted by Crippen LogP contribution is -3.16. The van der Waals surface area contributed by atoms with Gasteiger partial charge in [0, 0.05) is 5.02 Å². The molecule has 1 aromatic rings. The molecular weight excluding hydrogens is 264 g/mol. The van der Waals surface area contributed by atoms with Gasteiger partial charge in [0.05, 0.1) is 25.2 Å². The predicted molar refractivity (Wildman–Crippen MR) is 74.4 cm³/mol. The van der Waals surface area contributed by atoms with Gasteiger partial charge in [-0.25, -0.2) is 4.90 Å². The number of likely N-dealkylation sites (N-methyl/N-ethyl adjacent to an activating group) is 1. The minimum atomic E-state index is -0.263. The van der Waals surface area contributed by atoms with Gasteiger partial charge in [-0.3, -0.25) is 9.59 Å². The molecule has 1 fully saturated rings. The lowest BCUT2D eigenvalue weighted by atomic mass is 10.2. The van der Waals surface area contributed by atoms with E-state index in [1.54, 1.807) is 24.3 Å². The lowest BCUT2D eigenvalue weighted by Gasteiger charge is -2.21. The maximum atomic E-state index is 12.4. The highest BCUT2D eigenvalue weighted by atomic mass is 35.5. The summed E-state index contributed by atoms with van der Waals surface area (Å²) in [4.78, 5) is 26.9. The molecule has 0 aromatic heterocycles. The molecule has 1 atom stereocenters. The molecule has 102 valence electrons. The molecule has 0 aliphatic carbocycles. The third kappa shape index (κ3) is 2.65. The van der Waals surface area contributed by atoms with Crippen LogP contribution in [0, 0.1) is 0 Å². The van der Waals surface area contributed by atoms with E-state index in [0.29, 0.717) is 10.7 Å². The van der Waals surface area contributed by atoms with Gasteiger partial charge in [-0.1, -0.05) is 17.7 Å². The van der Waals surface area contributed by atoms with Crippen LogP contribution in [-0.4, -0.2) is 30.9 Å². The summed E-state index contributed by atoms with van der Waals surface area (Å²) in [6, 6.07) is 6.60. The number of hydrogen-bond acceptors (Lipinski definition) is 2. The number of nitrogens with zero attached hydrogens (tertiary/aromatic N) is 1. The number of hydrogen-bond donors (Lipinski definition) is 1. The SMILES string of the molecule is CC[NH+](CC)[C@@H]1CC(=O)N(c2cccc(Cl)c2)C1=O. The fourth-order valence-corrected chi connectivity index (χ4v) is 2.76. The highest BCUT2D eigenvalue weighted by Gasteiger charge is 2.44. The second-order valence-electron chi connectivity index (χ2n) is 4.67. The number of halogens is 1. The van der Waals surface area contributed by atoms with Gasteiger partial charge in [0.25, 0.3) is 5.91 Å². The van der Waals surface area contributed by atoms with Gasteiger partial charge >= 0.3 is 0 Å². The molecule has 4 nitrogen and oxygen atoms in total. The van der Waals surface area contributed by atoms with Crippen LogP contribution in [0.2, 0.25) is 5.02 Å². The first-order chi connectivity index (χ1) is 9.08. The first-order valence-electron chi connectivity index (χ1n) is 6.55. The van der Waals surface area contributed by atoms with Crippen molar-refractivity contribution in [2.24, 2.45) is 0 Å². The Kier molecular flexibility index (Phi) is 4.22. The fraction of sp³-hybridized carbons (Fsp3) is 0.429. The van der Waals surface area contributed by atoms with Crippen LogP contribution in [0.15, 0.2) is 24.3 Å². The Morgan fingerprint density at radius 3 is 2.58 bits per heavy atom. The summed E-state index contributed by atoms with van der Waals surface area (Å²) in [5, 5.41) is 0.525. The van der Waals surface area contributed by atoms with E-state index in [0.717, 1.165) is 18.0 Å². The number of imide groups is 1. The van der Waals surface area contributed by atoms with Gasteiger partial charge in [0.1, 0.15) is 0 Å². The number of quaternary nitrogens is 1. The molecule has 2 rings (SSSR count). The number of carbonyl (C=O) groups is 2. The highest BCUT2D eigenvalue weighted by Crippen LogP contribution is 2.24. The largest absolute Gasteiger partial charge is 0.325 e. The van der Waals surface area contributed by atoms with E-state index in [2.05, 4.69) is 0 Å². The summed E-state index contributed by atoms with van der Waals surface area (Å²) in [7, 11) is 0. The number of anilines is 1. The van der Waals surface area contributed by atoms with Crippen LogP contribution in [-0.2, 0) is 9.59 Å². The van der Waals surface area contributed by atoms with Crippen LogP contribution in [0.3, 0.4) is 0 Å². The molecule has 1 aliphatic heterocycles. The minimum absolute atomic E-state index is 0.119. The minimum Gasteiger partial charge on any atom is -0.325 e. The Bertz CT molecular complexity index is 500. The second-order valence-corrected chi connectivity index (χ2v) is 5.11. The molecule has 0 spiro atoms. The van der Waals surface area contributed by atoms with E-state index in [9.17, 15) is 9.59 Å². The van der Waals surface area contributed by atoms with Gasteiger partial charge in [-0.15, -0.1) is 0 Å². The molecule has 0 saturated carbocycles. The fourth-order valence-electron chi connectivity index (χ4n) is 2.58. The monoisotopic (exact) mass is 281 g/mol. The van der Waals surface area contributed by atoms with Crippen molar-refractivity contribution in [1.29, 1.82) is 0 Å². The number of rotatable bonds is 4. The summed E-state index contributed by atoms with van der Waals surface area (Å²) in [6.07, 6.45) is 0.280. The van der Waals surface area contributed by atoms with Gasteiger partial charge in [0.15, 0.2) is 6.04 Å². The smallest absolute Gasteiger partial charge is 0.292 e. The Labute approximate surface area is 117 Å². The first-order valence-corrected chi connectivity index (χ1v) is 6.93. The van der Waals surface area contributed by atoms with Crippen LogP contribution in [0.4, 0.5) is 5.69 Å². The normalized spacial score (nSPS) is 19.6. The summed E-state index contributed by atoms with van der Waals surface area (Å²) < 4.78 is 0. The van der Waals surface area contributed by atoms with Crippen molar-refractivity contribution in [1.82, 2.24) is 0 Å². The van der Waals surface area contributed by atoms with E-state index in [1.807, 2.05) is 13.8 Å². The molecule has 1 aliphatic rings. The van der Waals surface area contributed by atoms with Crippen LogP contribution in [0.5, 0.6) is 0 Å². The highest BCUT2D eigenvalue weighted by molar-refractivity contribution is 6.31. The average Bonchev–Trinajstić information content (AvgIpc) is 2.67. The first kappa shape index (κ1) is 14.0. The molecule has 1 saturated heterocycles. The maximum Gasteiger partial charge on any atom is 0.292 e. The van der Waals surface area contributed by atoms with Crippen LogP contribution in [0.1, 0.15) is 20.3 Å². The van der Waals surface area contributed by atoms with Crippen LogP contribution >= 0.6 is 11.6 Å². The number of benzene rings is 1. The van der Waals surface area contributed by atoms with E-state index in [1.165, 1.54) is 4.90 Å². The second kappa shape index (κ2) is 5.72. The zero-order valence-electron chi connectivity index (χ0n) is 11.1. The van der Waals surface area contributed by atoms with Crippen molar-refractivity contribution in [2.45, 2.75) is 26.3 Å². The summed E-state index contributed by atoms with van der Waals surface area (Å²) in [5.74, 6) is -0.261. The van der Waals surface area contributed by atoms with Gasteiger partial charge < -0.3 is 4.90 Å². The van der Waals surface area contributed by atoms with Crippen molar-refractivity contribution in [3.63, 3.8) is 0 Å². The predicted octanol–water partition coefficient (Wildman–Crippen LogP) is 0.897. The van der Waals surface area contributed by atoms with Crippen molar-refractivity contribution in [3.05, 3.63) is 29.3 Å². The van der Waals surface area contributed by atoms with Crippen molar-refractivity contribution < 1.29 is 14.5 Å². The number of amides is 2. The zero-order valence-corrected chi connectivity index (χ0v) is 11.9. The van der Waals surface area contributed by atoms with Crippen LogP contribution in [0.25, 0.3) is 0 Å². The molecular formula is C14H18ClN2O2+. The summed E-state index contributed by atoms with van der Waals surface area (Å²) >= 11 is 5.92. The Hall–Kier alpha value is -1.39. The van der Waals surface area contributed by atoms with Gasteiger partial charge in [-0.2, -0.15) is 0 Å². The number of carbonyl (C=O) groups excluding carboxylic acids is 2. The lowest BCUT2D eigenvalue weighted by molar-refractivity contribution is -0.911. The molecule has 1 N–H and O–H groups in total. The van der Waals surface area contributed by atoms with E-state index in [-0.39, 0.29) is 24.3 Å². The molecule has 1 aromatic carbocycles. The molecule has 0 bridgehead atoms. The quantitative estimate of drug-likeness (QED) is 0.833. The van der Waals surface area contributed by atoms with Crippen molar-refractivity contribution in [3.8, 4) is 0 Å². The van der Waals surface area contributed by atoms with Gasteiger partial charge in [0.2, 0.25) is 5.91 Å². The third-order valence-electron chi connectivity index (χ3n) is 3.61. The Balaban J connectivity index is 2.28. The summed E-state index contributed by atoms with van der Waals surface area (Å²) in [5.41, 5.74) is 0.566. The number of nitrogens with one attached hydrogen (secondary N) is 1. The molecule has 19 heavy (non-hydrogen) atoms. The maximum absolute atomic E-state index is 12.4. The van der Waals surface area contributed by atoms with Crippen molar-refractivity contribution >= 4 is 29.1 Å². The Morgan fingerprint density at radius 2 is 2.00 bits per heavy atom. The van der Waals surface area contributed by atoms with Gasteiger partial charge in [-0.05, 0) is 32.0 Å². The van der Waals surface area contributed by atoms with E-state index >= 15 is 0 Å². The third-order valence-corrected chi connectivity index (χ3v) is 3.85. The molecule has 0 radical (unpaired) electrons. The molecule has 2 amide bonds. The average molecular weight is 282 g/mol. The van der Waals surface area contributed by atoms with Crippen LogP contribution < -0.4 is 9.80 Å². The Morgan fingerprint density at radius 1 is 1.32 bits per heavy atom. The zero-order chi connectivity index (χ0) is 14.0. The molecule has 5 heteroatoms. The topological polar surface area (TPSA) is 41.8 Å². The summed E-state index contributed by atoms with van der Waals surface area (Å²) in [6.45, 7) is 5.73. The standard InChI is InChI=1S/C14H17ClN2O2/c1-3-16(4-2)12-9-13(18)17(14(12)19)11-7-5-6-10(15)8-11/h5-8,12H,3-4,9H2,1-2H3/p+1/t12-/m1/s1. The van der Waals surface area contributed by atoms with E-state index in [4.69, 9.17) is 11.6 Å². The van der Waals surface area contributed by atoms with E-state index < -0.39 is 0 Å². The molecule has 0 unspecified atom stereocenters.